The topological polar surface area (TPSA) is 85.9 Å². The Balaban J connectivity index is 2.21. The van der Waals surface area contributed by atoms with Crippen LogP contribution in [0.2, 0.25) is 5.02 Å². The second-order valence-corrected chi connectivity index (χ2v) is 6.17. The van der Waals surface area contributed by atoms with Gasteiger partial charge in [-0.15, -0.1) is 0 Å². The Morgan fingerprint density at radius 2 is 1.41 bits per heavy atom. The van der Waals surface area contributed by atoms with E-state index in [4.69, 9.17) is 25.8 Å². The van der Waals surface area contributed by atoms with Crippen molar-refractivity contribution in [3.05, 3.63) is 40.4 Å². The van der Waals surface area contributed by atoms with E-state index in [0.29, 0.717) is 33.6 Å². The summed E-state index contributed by atoms with van der Waals surface area (Å²) in [6.07, 6.45) is 0. The number of nitrogens with one attached hydrogen (secondary N) is 2. The molecule has 0 bridgehead atoms. The molecule has 0 aromatic heterocycles. The highest BCUT2D eigenvalue weighted by atomic mass is 35.5. The highest BCUT2D eigenvalue weighted by Crippen LogP contribution is 2.39. The zero-order chi connectivity index (χ0) is 20.1. The Labute approximate surface area is 162 Å². The minimum absolute atomic E-state index is 0.316. The van der Waals surface area contributed by atoms with Crippen LogP contribution in [0.4, 0.5) is 11.4 Å². The van der Waals surface area contributed by atoms with Crippen molar-refractivity contribution in [2.24, 2.45) is 0 Å². The molecule has 0 heterocycles. The zero-order valence-corrected chi connectivity index (χ0v) is 16.5. The maximum atomic E-state index is 12.3. The quantitative estimate of drug-likeness (QED) is 0.760. The summed E-state index contributed by atoms with van der Waals surface area (Å²) < 4.78 is 15.7. The van der Waals surface area contributed by atoms with Gasteiger partial charge in [-0.1, -0.05) is 17.7 Å². The van der Waals surface area contributed by atoms with Gasteiger partial charge in [0, 0.05) is 17.8 Å². The minimum Gasteiger partial charge on any atom is -0.493 e. The fourth-order valence-corrected chi connectivity index (χ4v) is 2.95. The van der Waals surface area contributed by atoms with Crippen LogP contribution in [0.1, 0.15) is 11.1 Å². The summed E-state index contributed by atoms with van der Waals surface area (Å²) in [6, 6.07) is 6.62. The first kappa shape index (κ1) is 20.4. The van der Waals surface area contributed by atoms with E-state index in [2.05, 4.69) is 10.6 Å². The summed E-state index contributed by atoms with van der Waals surface area (Å²) in [5, 5.41) is 5.40. The smallest absolute Gasteiger partial charge is 0.314 e. The summed E-state index contributed by atoms with van der Waals surface area (Å²) in [6.45, 7) is 3.69. The number of aryl methyl sites for hydroxylation is 2. The highest BCUT2D eigenvalue weighted by Gasteiger charge is 2.19. The third kappa shape index (κ3) is 4.62. The van der Waals surface area contributed by atoms with E-state index in [0.717, 1.165) is 11.1 Å². The minimum atomic E-state index is -0.861. The number of halogens is 1. The Kier molecular flexibility index (Phi) is 6.52. The monoisotopic (exact) mass is 392 g/mol. The van der Waals surface area contributed by atoms with Crippen molar-refractivity contribution >= 4 is 34.8 Å². The van der Waals surface area contributed by atoms with Crippen molar-refractivity contribution in [2.45, 2.75) is 13.8 Å². The van der Waals surface area contributed by atoms with Gasteiger partial charge in [-0.3, -0.25) is 9.59 Å². The Morgan fingerprint density at radius 1 is 0.852 bits per heavy atom. The van der Waals surface area contributed by atoms with Gasteiger partial charge in [0.2, 0.25) is 5.75 Å². The lowest BCUT2D eigenvalue weighted by Gasteiger charge is -2.15. The molecule has 2 aromatic rings. The fraction of sp³-hybridized carbons (Fsp3) is 0.263. The number of anilines is 2. The van der Waals surface area contributed by atoms with Crippen molar-refractivity contribution in [3.8, 4) is 17.2 Å². The molecular formula is C19H21ClN2O5. The molecule has 0 saturated carbocycles. The van der Waals surface area contributed by atoms with Crippen LogP contribution in [0.3, 0.4) is 0 Å². The van der Waals surface area contributed by atoms with Gasteiger partial charge in [0.1, 0.15) is 0 Å². The lowest BCUT2D eigenvalue weighted by atomic mass is 10.1. The third-order valence-electron chi connectivity index (χ3n) is 3.80. The van der Waals surface area contributed by atoms with Crippen LogP contribution in [-0.4, -0.2) is 33.1 Å². The van der Waals surface area contributed by atoms with Gasteiger partial charge < -0.3 is 24.8 Å². The number of amides is 2. The van der Waals surface area contributed by atoms with Gasteiger partial charge in [-0.25, -0.2) is 0 Å². The molecular weight excluding hydrogens is 372 g/mol. The van der Waals surface area contributed by atoms with E-state index in [-0.39, 0.29) is 0 Å². The van der Waals surface area contributed by atoms with Gasteiger partial charge in [-0.2, -0.15) is 0 Å². The van der Waals surface area contributed by atoms with Crippen LogP contribution < -0.4 is 24.8 Å². The molecule has 0 fully saturated rings. The SMILES string of the molecule is COc1cc(NC(=O)C(=O)Nc2c(C)cc(C)cc2Cl)cc(OC)c1OC. The normalized spacial score (nSPS) is 10.1. The molecule has 0 atom stereocenters. The largest absolute Gasteiger partial charge is 0.493 e. The molecule has 0 aliphatic heterocycles. The van der Waals surface area contributed by atoms with Gasteiger partial charge >= 0.3 is 11.8 Å². The summed E-state index contributed by atoms with van der Waals surface area (Å²) in [7, 11) is 4.38. The second kappa shape index (κ2) is 8.64. The first-order chi connectivity index (χ1) is 12.8. The van der Waals surface area contributed by atoms with Crippen molar-refractivity contribution in [2.75, 3.05) is 32.0 Å². The first-order valence-electron chi connectivity index (χ1n) is 7.99. The Hall–Kier alpha value is -2.93. The molecule has 0 saturated heterocycles. The van der Waals surface area contributed by atoms with Crippen LogP contribution in [0, 0.1) is 13.8 Å². The number of carbonyl (C=O) groups is 2. The number of benzene rings is 2. The zero-order valence-electron chi connectivity index (χ0n) is 15.7. The maximum absolute atomic E-state index is 12.3. The predicted molar refractivity (Wildman–Crippen MR) is 104 cm³/mol. The van der Waals surface area contributed by atoms with Crippen LogP contribution in [-0.2, 0) is 9.59 Å². The second-order valence-electron chi connectivity index (χ2n) is 5.76. The van der Waals surface area contributed by atoms with Crippen molar-refractivity contribution < 1.29 is 23.8 Å². The maximum Gasteiger partial charge on any atom is 0.314 e. The predicted octanol–water partition coefficient (Wildman–Crippen LogP) is 3.56. The molecule has 0 unspecified atom stereocenters. The molecule has 0 aliphatic rings. The summed E-state index contributed by atoms with van der Waals surface area (Å²) in [5.74, 6) is -0.627. The first-order valence-corrected chi connectivity index (χ1v) is 8.37. The van der Waals surface area contributed by atoms with Crippen LogP contribution in [0.5, 0.6) is 17.2 Å². The third-order valence-corrected chi connectivity index (χ3v) is 4.10. The van der Waals surface area contributed by atoms with E-state index in [1.54, 1.807) is 13.0 Å². The van der Waals surface area contributed by atoms with Gasteiger partial charge in [0.15, 0.2) is 11.5 Å². The van der Waals surface area contributed by atoms with E-state index >= 15 is 0 Å². The molecule has 0 aliphatic carbocycles. The standard InChI is InChI=1S/C19H21ClN2O5/c1-10-6-11(2)16(13(20)7-10)22-19(24)18(23)21-12-8-14(25-3)17(27-5)15(9-12)26-4/h6-9H,1-5H3,(H,21,23)(H,22,24). The Bertz CT molecular complexity index is 834. The van der Waals surface area contributed by atoms with E-state index in [9.17, 15) is 9.59 Å². The molecule has 2 rings (SSSR count). The van der Waals surface area contributed by atoms with Crippen molar-refractivity contribution in [1.29, 1.82) is 0 Å². The number of ether oxygens (including phenoxy) is 3. The van der Waals surface area contributed by atoms with Crippen LogP contribution in [0.15, 0.2) is 24.3 Å². The van der Waals surface area contributed by atoms with Crippen molar-refractivity contribution in [3.63, 3.8) is 0 Å². The van der Waals surface area contributed by atoms with Crippen LogP contribution >= 0.6 is 11.6 Å². The van der Waals surface area contributed by atoms with Gasteiger partial charge in [0.05, 0.1) is 32.0 Å². The summed E-state index contributed by atoms with van der Waals surface area (Å²) in [5.41, 5.74) is 2.43. The average molecular weight is 393 g/mol. The highest BCUT2D eigenvalue weighted by molar-refractivity contribution is 6.45. The molecule has 27 heavy (non-hydrogen) atoms. The number of methoxy groups -OCH3 is 3. The number of hydrogen-bond acceptors (Lipinski definition) is 5. The van der Waals surface area contributed by atoms with Crippen LogP contribution in [0.25, 0.3) is 0 Å². The van der Waals surface area contributed by atoms with Crippen molar-refractivity contribution in [1.82, 2.24) is 0 Å². The van der Waals surface area contributed by atoms with Gasteiger partial charge in [0.25, 0.3) is 0 Å². The molecule has 0 spiro atoms. The molecule has 2 aromatic carbocycles. The van der Waals surface area contributed by atoms with Gasteiger partial charge in [-0.05, 0) is 31.0 Å². The summed E-state index contributed by atoms with van der Waals surface area (Å²) >= 11 is 6.16. The average Bonchev–Trinajstić information content (AvgIpc) is 2.63. The lowest BCUT2D eigenvalue weighted by molar-refractivity contribution is -0.133. The number of rotatable bonds is 5. The number of carbonyl (C=O) groups excluding carboxylic acids is 2. The molecule has 0 radical (unpaired) electrons. The van der Waals surface area contributed by atoms with E-state index in [1.807, 2.05) is 13.0 Å². The summed E-state index contributed by atoms with van der Waals surface area (Å²) in [4.78, 5) is 24.6. The molecule has 7 nitrogen and oxygen atoms in total. The van der Waals surface area contributed by atoms with E-state index in [1.165, 1.54) is 33.5 Å². The fourth-order valence-electron chi connectivity index (χ4n) is 2.59. The number of hydrogen-bond donors (Lipinski definition) is 2. The molecule has 8 heteroatoms. The lowest BCUT2D eigenvalue weighted by Crippen LogP contribution is -2.29. The Morgan fingerprint density at radius 3 is 1.89 bits per heavy atom. The van der Waals surface area contributed by atoms with E-state index < -0.39 is 11.8 Å². The molecule has 144 valence electrons. The molecule has 2 N–H and O–H groups in total. The molecule has 2 amide bonds.